The Labute approximate surface area is 95.0 Å². The summed E-state index contributed by atoms with van der Waals surface area (Å²) in [6, 6.07) is 7.23. The van der Waals surface area contributed by atoms with E-state index in [-0.39, 0.29) is 5.41 Å². The molecule has 0 unspecified atom stereocenters. The Morgan fingerprint density at radius 2 is 2.25 bits per heavy atom. The van der Waals surface area contributed by atoms with Gasteiger partial charge in [-0.05, 0) is 24.1 Å². The van der Waals surface area contributed by atoms with Gasteiger partial charge in [-0.15, -0.1) is 0 Å². The van der Waals surface area contributed by atoms with Crippen molar-refractivity contribution < 1.29 is 14.6 Å². The summed E-state index contributed by atoms with van der Waals surface area (Å²) >= 11 is 0. The van der Waals surface area contributed by atoms with Crippen LogP contribution >= 0.6 is 0 Å². The minimum absolute atomic E-state index is 0.0558. The fourth-order valence-corrected chi connectivity index (χ4v) is 2.26. The lowest BCUT2D eigenvalue weighted by atomic mass is 9.75. The zero-order valence-electron chi connectivity index (χ0n) is 9.40. The predicted octanol–water partition coefficient (Wildman–Crippen LogP) is 2.45. The molecule has 0 saturated carbocycles. The third-order valence-electron chi connectivity index (χ3n) is 3.21. The predicted molar refractivity (Wildman–Crippen MR) is 60.8 cm³/mol. The molecule has 1 aliphatic rings. The van der Waals surface area contributed by atoms with Gasteiger partial charge in [0, 0.05) is 5.41 Å². The zero-order chi connectivity index (χ0) is 11.6. The van der Waals surface area contributed by atoms with Crippen molar-refractivity contribution >= 4 is 5.97 Å². The van der Waals surface area contributed by atoms with E-state index in [9.17, 15) is 4.79 Å². The summed E-state index contributed by atoms with van der Waals surface area (Å²) in [5, 5.41) is 8.96. The van der Waals surface area contributed by atoms with Crippen LogP contribution in [0.1, 0.15) is 35.7 Å². The highest BCUT2D eigenvalue weighted by atomic mass is 16.5. The number of hydrogen-bond donors (Lipinski definition) is 1. The van der Waals surface area contributed by atoms with E-state index in [1.807, 2.05) is 12.1 Å². The molecule has 1 aromatic rings. The maximum Gasteiger partial charge on any atom is 0.335 e. The molecular weight excluding hydrogens is 204 g/mol. The summed E-state index contributed by atoms with van der Waals surface area (Å²) in [5.74, 6) is -0.867. The van der Waals surface area contributed by atoms with Crippen molar-refractivity contribution in [2.75, 3.05) is 13.2 Å². The normalized spacial score (nSPS) is 17.8. The maximum absolute atomic E-state index is 10.9. The van der Waals surface area contributed by atoms with E-state index >= 15 is 0 Å². The molecule has 3 heteroatoms. The van der Waals surface area contributed by atoms with Crippen LogP contribution in [0.4, 0.5) is 0 Å². The van der Waals surface area contributed by atoms with Crippen LogP contribution in [-0.4, -0.2) is 24.3 Å². The third-order valence-corrected chi connectivity index (χ3v) is 3.21. The highest BCUT2D eigenvalue weighted by molar-refractivity contribution is 5.87. The largest absolute Gasteiger partial charge is 0.478 e. The van der Waals surface area contributed by atoms with Crippen LogP contribution in [-0.2, 0) is 10.2 Å². The van der Waals surface area contributed by atoms with Gasteiger partial charge in [-0.3, -0.25) is 0 Å². The SMILES string of the molecule is CCCC1(c2cccc(C(=O)O)c2)COC1. The van der Waals surface area contributed by atoms with Gasteiger partial charge in [0.1, 0.15) is 0 Å². The molecule has 0 aromatic heterocycles. The van der Waals surface area contributed by atoms with Gasteiger partial charge in [0.15, 0.2) is 0 Å². The van der Waals surface area contributed by atoms with Crippen molar-refractivity contribution in [3.63, 3.8) is 0 Å². The van der Waals surface area contributed by atoms with Crippen molar-refractivity contribution in [1.82, 2.24) is 0 Å². The summed E-state index contributed by atoms with van der Waals surface area (Å²) in [6.45, 7) is 3.56. The summed E-state index contributed by atoms with van der Waals surface area (Å²) in [4.78, 5) is 10.9. The monoisotopic (exact) mass is 220 g/mol. The third kappa shape index (κ3) is 1.83. The first-order chi connectivity index (χ1) is 7.68. The summed E-state index contributed by atoms with van der Waals surface area (Å²) < 4.78 is 5.30. The van der Waals surface area contributed by atoms with Crippen LogP contribution in [0.2, 0.25) is 0 Å². The van der Waals surface area contributed by atoms with Gasteiger partial charge in [0.05, 0.1) is 18.8 Å². The van der Waals surface area contributed by atoms with E-state index in [1.54, 1.807) is 12.1 Å². The molecule has 0 amide bonds. The number of aromatic carboxylic acids is 1. The van der Waals surface area contributed by atoms with E-state index in [1.165, 1.54) is 0 Å². The van der Waals surface area contributed by atoms with Crippen LogP contribution in [0.3, 0.4) is 0 Å². The smallest absolute Gasteiger partial charge is 0.335 e. The molecule has 3 nitrogen and oxygen atoms in total. The Balaban J connectivity index is 2.31. The van der Waals surface area contributed by atoms with Crippen LogP contribution < -0.4 is 0 Å². The van der Waals surface area contributed by atoms with Gasteiger partial charge in [-0.2, -0.15) is 0 Å². The Bertz CT molecular complexity index is 394. The summed E-state index contributed by atoms with van der Waals surface area (Å²) in [6.07, 6.45) is 2.14. The van der Waals surface area contributed by atoms with Crippen LogP contribution in [0.25, 0.3) is 0 Å². The molecule has 86 valence electrons. The zero-order valence-corrected chi connectivity index (χ0v) is 9.40. The molecule has 0 spiro atoms. The molecule has 1 aliphatic heterocycles. The summed E-state index contributed by atoms with van der Waals surface area (Å²) in [5.41, 5.74) is 1.51. The number of hydrogen-bond acceptors (Lipinski definition) is 2. The minimum Gasteiger partial charge on any atom is -0.478 e. The molecule has 0 radical (unpaired) electrons. The van der Waals surface area contributed by atoms with Gasteiger partial charge in [-0.25, -0.2) is 4.79 Å². The number of rotatable bonds is 4. The minimum atomic E-state index is -0.867. The van der Waals surface area contributed by atoms with Crippen LogP contribution in [0, 0.1) is 0 Å². The molecule has 1 fully saturated rings. The average molecular weight is 220 g/mol. The molecular formula is C13H16O3. The van der Waals surface area contributed by atoms with E-state index in [0.29, 0.717) is 18.8 Å². The second-order valence-corrected chi connectivity index (χ2v) is 4.41. The fraction of sp³-hybridized carbons (Fsp3) is 0.462. The molecule has 0 bridgehead atoms. The Morgan fingerprint density at radius 3 is 2.75 bits per heavy atom. The van der Waals surface area contributed by atoms with Gasteiger partial charge >= 0.3 is 5.97 Å². The molecule has 1 heterocycles. The standard InChI is InChI=1S/C13H16O3/c1-2-6-13(8-16-9-13)11-5-3-4-10(7-11)12(14)15/h3-5,7H,2,6,8-9H2,1H3,(H,14,15). The van der Waals surface area contributed by atoms with Crippen LogP contribution in [0.5, 0.6) is 0 Å². The first-order valence-electron chi connectivity index (χ1n) is 5.59. The Morgan fingerprint density at radius 1 is 1.50 bits per heavy atom. The van der Waals surface area contributed by atoms with E-state index in [0.717, 1.165) is 18.4 Å². The highest BCUT2D eigenvalue weighted by Crippen LogP contribution is 2.37. The second kappa shape index (κ2) is 4.26. The fourth-order valence-electron chi connectivity index (χ4n) is 2.26. The number of carboxylic acid groups (broad SMARTS) is 1. The molecule has 0 atom stereocenters. The van der Waals surface area contributed by atoms with Gasteiger partial charge in [0.25, 0.3) is 0 Å². The summed E-state index contributed by atoms with van der Waals surface area (Å²) in [7, 11) is 0. The van der Waals surface area contributed by atoms with E-state index in [2.05, 4.69) is 6.92 Å². The van der Waals surface area contributed by atoms with Gasteiger partial charge in [0.2, 0.25) is 0 Å². The average Bonchev–Trinajstić information content (AvgIpc) is 2.23. The number of ether oxygens (including phenoxy) is 1. The van der Waals surface area contributed by atoms with Crippen LogP contribution in [0.15, 0.2) is 24.3 Å². The van der Waals surface area contributed by atoms with Crippen molar-refractivity contribution in [3.05, 3.63) is 35.4 Å². The Kier molecular flexibility index (Phi) is 2.97. The van der Waals surface area contributed by atoms with Gasteiger partial charge < -0.3 is 9.84 Å². The Hall–Kier alpha value is -1.35. The van der Waals surface area contributed by atoms with Crippen molar-refractivity contribution in [2.24, 2.45) is 0 Å². The first-order valence-corrected chi connectivity index (χ1v) is 5.59. The molecule has 1 N–H and O–H groups in total. The first kappa shape index (κ1) is 11.1. The van der Waals surface area contributed by atoms with Gasteiger partial charge in [-0.1, -0.05) is 25.5 Å². The molecule has 0 aliphatic carbocycles. The van der Waals surface area contributed by atoms with Crippen molar-refractivity contribution in [2.45, 2.75) is 25.2 Å². The molecule has 1 aromatic carbocycles. The molecule has 2 rings (SSSR count). The highest BCUT2D eigenvalue weighted by Gasteiger charge is 2.39. The van der Waals surface area contributed by atoms with Crippen molar-refractivity contribution in [1.29, 1.82) is 0 Å². The number of carboxylic acids is 1. The lowest BCUT2D eigenvalue weighted by Crippen LogP contribution is -2.46. The van der Waals surface area contributed by atoms with E-state index in [4.69, 9.17) is 9.84 Å². The lowest BCUT2D eigenvalue weighted by Gasteiger charge is -2.42. The maximum atomic E-state index is 10.9. The second-order valence-electron chi connectivity index (χ2n) is 4.41. The van der Waals surface area contributed by atoms with Crippen molar-refractivity contribution in [3.8, 4) is 0 Å². The lowest BCUT2D eigenvalue weighted by molar-refractivity contribution is -0.0646. The quantitative estimate of drug-likeness (QED) is 0.847. The molecule has 16 heavy (non-hydrogen) atoms. The molecule has 1 saturated heterocycles. The number of carbonyl (C=O) groups is 1. The topological polar surface area (TPSA) is 46.5 Å². The van der Waals surface area contributed by atoms with E-state index < -0.39 is 5.97 Å². The number of benzene rings is 1.